The van der Waals surface area contributed by atoms with Gasteiger partial charge in [0.05, 0.1) is 0 Å². The number of amides is 1. The molecule has 0 saturated heterocycles. The molecule has 1 aliphatic heterocycles. The zero-order chi connectivity index (χ0) is 14.7. The molecule has 4 nitrogen and oxygen atoms in total. The van der Waals surface area contributed by atoms with Crippen LogP contribution in [0.3, 0.4) is 0 Å². The number of carbonyl (C=O) groups is 1. The number of aromatic nitrogens is 1. The van der Waals surface area contributed by atoms with Gasteiger partial charge < -0.3 is 10.2 Å². The van der Waals surface area contributed by atoms with Crippen LogP contribution in [-0.4, -0.2) is 30.0 Å². The summed E-state index contributed by atoms with van der Waals surface area (Å²) in [5, 5.41) is 2.96. The van der Waals surface area contributed by atoms with Gasteiger partial charge in [-0.05, 0) is 37.1 Å². The minimum atomic E-state index is -0.116. The highest BCUT2D eigenvalue weighted by atomic mass is 16.1. The second kappa shape index (κ2) is 5.95. The smallest absolute Gasteiger partial charge is 0.269 e. The summed E-state index contributed by atoms with van der Waals surface area (Å²) < 4.78 is 0. The van der Waals surface area contributed by atoms with Crippen LogP contribution in [0.15, 0.2) is 48.7 Å². The molecule has 1 aliphatic rings. The van der Waals surface area contributed by atoms with E-state index in [1.165, 1.54) is 11.3 Å². The van der Waals surface area contributed by atoms with Crippen LogP contribution in [-0.2, 0) is 6.42 Å². The van der Waals surface area contributed by atoms with E-state index in [1.807, 2.05) is 6.07 Å². The fraction of sp³-hybridized carbons (Fsp3) is 0.294. The normalized spacial score (nSPS) is 14.6. The highest BCUT2D eigenvalue weighted by molar-refractivity contribution is 5.92. The summed E-state index contributed by atoms with van der Waals surface area (Å²) in [5.74, 6) is -0.116. The molecule has 0 radical (unpaired) electrons. The van der Waals surface area contributed by atoms with Crippen molar-refractivity contribution in [2.45, 2.75) is 19.4 Å². The Kier molecular flexibility index (Phi) is 3.86. The molecule has 1 atom stereocenters. The molecule has 2 heterocycles. The number of hydrogen-bond donors (Lipinski definition) is 1. The van der Waals surface area contributed by atoms with Crippen LogP contribution in [0, 0.1) is 0 Å². The highest BCUT2D eigenvalue weighted by Gasteiger charge is 2.23. The molecule has 0 bridgehead atoms. The standard InChI is InChI=1S/C17H19N3O/c1-13(12-19-17(21)15-7-4-5-10-18-15)20-11-9-14-6-2-3-8-16(14)20/h2-8,10,13H,9,11-12H2,1H3,(H,19,21)/t13-/m1/s1. The van der Waals surface area contributed by atoms with E-state index in [1.54, 1.807) is 18.3 Å². The SMILES string of the molecule is C[C@H](CNC(=O)c1ccccn1)N1CCc2ccccc21. The van der Waals surface area contributed by atoms with Gasteiger partial charge in [-0.25, -0.2) is 0 Å². The fourth-order valence-corrected chi connectivity index (χ4v) is 2.76. The van der Waals surface area contributed by atoms with Gasteiger partial charge in [0.15, 0.2) is 0 Å². The van der Waals surface area contributed by atoms with Crippen molar-refractivity contribution in [3.63, 3.8) is 0 Å². The first kappa shape index (κ1) is 13.6. The predicted molar refractivity (Wildman–Crippen MR) is 83.5 cm³/mol. The lowest BCUT2D eigenvalue weighted by molar-refractivity contribution is 0.0946. The second-order valence-corrected chi connectivity index (χ2v) is 5.35. The maximum atomic E-state index is 12.0. The number of fused-ring (bicyclic) bond motifs is 1. The lowest BCUT2D eigenvalue weighted by Crippen LogP contribution is -2.41. The quantitative estimate of drug-likeness (QED) is 0.935. The van der Waals surface area contributed by atoms with E-state index < -0.39 is 0 Å². The van der Waals surface area contributed by atoms with Gasteiger partial charge in [-0.1, -0.05) is 24.3 Å². The van der Waals surface area contributed by atoms with Crippen LogP contribution in [0.25, 0.3) is 0 Å². The van der Waals surface area contributed by atoms with Gasteiger partial charge in [-0.15, -0.1) is 0 Å². The van der Waals surface area contributed by atoms with Gasteiger partial charge in [0.1, 0.15) is 5.69 Å². The number of carbonyl (C=O) groups excluding carboxylic acids is 1. The van der Waals surface area contributed by atoms with Crippen molar-refractivity contribution in [2.24, 2.45) is 0 Å². The summed E-state index contributed by atoms with van der Waals surface area (Å²) in [7, 11) is 0. The van der Waals surface area contributed by atoms with Crippen LogP contribution in [0.1, 0.15) is 23.0 Å². The monoisotopic (exact) mass is 281 g/mol. The number of benzene rings is 1. The zero-order valence-electron chi connectivity index (χ0n) is 12.1. The van der Waals surface area contributed by atoms with Gasteiger partial charge in [-0.3, -0.25) is 9.78 Å². The molecule has 1 amide bonds. The maximum Gasteiger partial charge on any atom is 0.269 e. The van der Waals surface area contributed by atoms with E-state index in [-0.39, 0.29) is 11.9 Å². The van der Waals surface area contributed by atoms with E-state index in [9.17, 15) is 4.79 Å². The molecule has 0 fully saturated rings. The number of pyridine rings is 1. The molecule has 3 rings (SSSR count). The Balaban J connectivity index is 1.61. The Morgan fingerprint density at radius 3 is 2.90 bits per heavy atom. The average molecular weight is 281 g/mol. The van der Waals surface area contributed by atoms with Crippen molar-refractivity contribution in [1.29, 1.82) is 0 Å². The summed E-state index contributed by atoms with van der Waals surface area (Å²) >= 11 is 0. The van der Waals surface area contributed by atoms with Crippen molar-refractivity contribution < 1.29 is 4.79 Å². The maximum absolute atomic E-state index is 12.0. The molecule has 0 unspecified atom stereocenters. The van der Waals surface area contributed by atoms with Crippen LogP contribution in [0.4, 0.5) is 5.69 Å². The molecular formula is C17H19N3O. The van der Waals surface area contributed by atoms with Crippen molar-refractivity contribution in [1.82, 2.24) is 10.3 Å². The van der Waals surface area contributed by atoms with Crippen molar-refractivity contribution in [3.05, 3.63) is 59.9 Å². The minimum Gasteiger partial charge on any atom is -0.366 e. The number of para-hydroxylation sites is 1. The van der Waals surface area contributed by atoms with E-state index in [0.29, 0.717) is 12.2 Å². The highest BCUT2D eigenvalue weighted by Crippen LogP contribution is 2.28. The van der Waals surface area contributed by atoms with Crippen molar-refractivity contribution in [2.75, 3.05) is 18.0 Å². The first-order valence-corrected chi connectivity index (χ1v) is 7.29. The molecule has 21 heavy (non-hydrogen) atoms. The van der Waals surface area contributed by atoms with E-state index in [0.717, 1.165) is 13.0 Å². The van der Waals surface area contributed by atoms with Crippen LogP contribution < -0.4 is 10.2 Å². The second-order valence-electron chi connectivity index (χ2n) is 5.35. The summed E-state index contributed by atoms with van der Waals surface area (Å²) in [6.07, 6.45) is 2.71. The minimum absolute atomic E-state index is 0.116. The predicted octanol–water partition coefficient (Wildman–Crippen LogP) is 2.26. The Labute approximate surface area is 124 Å². The Bertz CT molecular complexity index is 627. The number of nitrogens with one attached hydrogen (secondary N) is 1. The third-order valence-corrected chi connectivity index (χ3v) is 3.91. The Morgan fingerprint density at radius 2 is 2.10 bits per heavy atom. The lowest BCUT2D eigenvalue weighted by Gasteiger charge is -2.27. The Morgan fingerprint density at radius 1 is 1.29 bits per heavy atom. The molecule has 0 aliphatic carbocycles. The molecule has 2 aromatic rings. The number of nitrogens with zero attached hydrogens (tertiary/aromatic N) is 2. The van der Waals surface area contributed by atoms with E-state index >= 15 is 0 Å². The largest absolute Gasteiger partial charge is 0.366 e. The van der Waals surface area contributed by atoms with Gasteiger partial charge in [0.2, 0.25) is 0 Å². The van der Waals surface area contributed by atoms with Crippen molar-refractivity contribution >= 4 is 11.6 Å². The molecule has 4 heteroatoms. The summed E-state index contributed by atoms with van der Waals surface area (Å²) in [5.41, 5.74) is 3.14. The van der Waals surface area contributed by atoms with Gasteiger partial charge in [-0.2, -0.15) is 0 Å². The first-order valence-electron chi connectivity index (χ1n) is 7.29. The molecule has 1 aromatic heterocycles. The molecule has 0 saturated carbocycles. The lowest BCUT2D eigenvalue weighted by atomic mass is 10.2. The number of hydrogen-bond acceptors (Lipinski definition) is 3. The fourth-order valence-electron chi connectivity index (χ4n) is 2.76. The molecule has 108 valence electrons. The van der Waals surface area contributed by atoms with Crippen molar-refractivity contribution in [3.8, 4) is 0 Å². The molecular weight excluding hydrogens is 262 g/mol. The molecule has 1 N–H and O–H groups in total. The van der Waals surface area contributed by atoms with Crippen LogP contribution in [0.5, 0.6) is 0 Å². The molecule has 1 aromatic carbocycles. The number of rotatable bonds is 4. The van der Waals surface area contributed by atoms with Gasteiger partial charge in [0.25, 0.3) is 5.91 Å². The van der Waals surface area contributed by atoms with Crippen LogP contribution in [0.2, 0.25) is 0 Å². The average Bonchev–Trinajstić information content (AvgIpc) is 2.97. The third kappa shape index (κ3) is 2.89. The van der Waals surface area contributed by atoms with E-state index in [4.69, 9.17) is 0 Å². The zero-order valence-corrected chi connectivity index (χ0v) is 12.1. The summed E-state index contributed by atoms with van der Waals surface area (Å²) in [4.78, 5) is 18.4. The van der Waals surface area contributed by atoms with Gasteiger partial charge >= 0.3 is 0 Å². The van der Waals surface area contributed by atoms with E-state index in [2.05, 4.69) is 46.4 Å². The van der Waals surface area contributed by atoms with Crippen LogP contribution >= 0.6 is 0 Å². The van der Waals surface area contributed by atoms with Gasteiger partial charge in [0, 0.05) is 31.0 Å². The number of anilines is 1. The summed E-state index contributed by atoms with van der Waals surface area (Å²) in [6.45, 7) is 3.77. The molecule has 0 spiro atoms. The topological polar surface area (TPSA) is 45.2 Å². The first-order chi connectivity index (χ1) is 10.3. The Hall–Kier alpha value is -2.36. The summed E-state index contributed by atoms with van der Waals surface area (Å²) in [6, 6.07) is 14.1. The third-order valence-electron chi connectivity index (χ3n) is 3.91.